The predicted octanol–water partition coefficient (Wildman–Crippen LogP) is 0.327. The molecule has 1 aromatic rings. The van der Waals surface area contributed by atoms with E-state index in [0.717, 1.165) is 17.5 Å². The number of nitrogens with two attached hydrogens (primary N) is 1. The second kappa shape index (κ2) is 4.70. The van der Waals surface area contributed by atoms with Gasteiger partial charge in [0.25, 0.3) is 0 Å². The van der Waals surface area contributed by atoms with Gasteiger partial charge in [-0.1, -0.05) is 13.0 Å². The highest BCUT2D eigenvalue weighted by molar-refractivity contribution is 7.89. The molecule has 5 nitrogen and oxygen atoms in total. The van der Waals surface area contributed by atoms with Gasteiger partial charge in [-0.25, -0.2) is 13.6 Å². The number of primary sulfonamides is 1. The van der Waals surface area contributed by atoms with Gasteiger partial charge in [0.05, 0.1) is 4.90 Å². The third-order valence-electron chi connectivity index (χ3n) is 3.13. The highest BCUT2D eigenvalue weighted by atomic mass is 32.2. The van der Waals surface area contributed by atoms with Crippen LogP contribution in [0.3, 0.4) is 0 Å². The summed E-state index contributed by atoms with van der Waals surface area (Å²) in [5.41, 5.74) is 2.02. The Morgan fingerprint density at radius 3 is 2.67 bits per heavy atom. The summed E-state index contributed by atoms with van der Waals surface area (Å²) in [6.07, 6.45) is 1.85. The summed E-state index contributed by atoms with van der Waals surface area (Å²) >= 11 is 0. The minimum atomic E-state index is -3.66. The van der Waals surface area contributed by atoms with E-state index in [0.29, 0.717) is 12.8 Å². The molecule has 1 amide bonds. The van der Waals surface area contributed by atoms with E-state index in [1.165, 1.54) is 6.07 Å². The van der Waals surface area contributed by atoms with Crippen LogP contribution in [0.1, 0.15) is 24.5 Å². The number of benzene rings is 1. The average molecular weight is 268 g/mol. The van der Waals surface area contributed by atoms with Gasteiger partial charge in [0.15, 0.2) is 0 Å². The van der Waals surface area contributed by atoms with E-state index in [2.05, 4.69) is 5.32 Å². The summed E-state index contributed by atoms with van der Waals surface area (Å²) in [4.78, 5) is 11.4. The van der Waals surface area contributed by atoms with Crippen molar-refractivity contribution in [1.82, 2.24) is 5.32 Å². The molecule has 1 aromatic carbocycles. The molecule has 0 aromatic heterocycles. The van der Waals surface area contributed by atoms with Crippen LogP contribution < -0.4 is 10.5 Å². The molecule has 0 aliphatic heterocycles. The van der Waals surface area contributed by atoms with Crippen molar-refractivity contribution in [2.45, 2.75) is 37.1 Å². The zero-order valence-corrected chi connectivity index (χ0v) is 11.0. The first kappa shape index (κ1) is 13.0. The summed E-state index contributed by atoms with van der Waals surface area (Å²) in [5, 5.41) is 8.00. The Morgan fingerprint density at radius 2 is 2.06 bits per heavy atom. The molecule has 0 spiro atoms. The Balaban J connectivity index is 2.18. The van der Waals surface area contributed by atoms with Crippen LogP contribution in [0.4, 0.5) is 0 Å². The van der Waals surface area contributed by atoms with Crippen molar-refractivity contribution in [1.29, 1.82) is 0 Å². The van der Waals surface area contributed by atoms with E-state index < -0.39 is 10.0 Å². The van der Waals surface area contributed by atoms with Crippen molar-refractivity contribution in [3.63, 3.8) is 0 Å². The van der Waals surface area contributed by atoms with Gasteiger partial charge in [-0.3, -0.25) is 4.79 Å². The van der Waals surface area contributed by atoms with Gasteiger partial charge < -0.3 is 5.32 Å². The molecule has 6 heteroatoms. The molecule has 0 heterocycles. The second-order valence-corrected chi connectivity index (χ2v) is 6.06. The first-order valence-electron chi connectivity index (χ1n) is 5.84. The lowest BCUT2D eigenvalue weighted by molar-refractivity contribution is -0.121. The van der Waals surface area contributed by atoms with Crippen LogP contribution in [0.15, 0.2) is 23.1 Å². The molecule has 1 aliphatic carbocycles. The fraction of sp³-hybridized carbons (Fsp3) is 0.417. The Hall–Kier alpha value is -1.40. The summed E-state index contributed by atoms with van der Waals surface area (Å²) in [6, 6.07) is 4.94. The van der Waals surface area contributed by atoms with E-state index >= 15 is 0 Å². The molecule has 0 saturated heterocycles. The maximum absolute atomic E-state index is 11.3. The van der Waals surface area contributed by atoms with E-state index in [1.54, 1.807) is 19.1 Å². The lowest BCUT2D eigenvalue weighted by Crippen LogP contribution is -2.34. The molecule has 0 bridgehead atoms. The van der Waals surface area contributed by atoms with Crippen LogP contribution in [-0.4, -0.2) is 20.4 Å². The first-order chi connectivity index (χ1) is 8.40. The largest absolute Gasteiger partial charge is 0.353 e. The molecule has 0 fully saturated rings. The first-order valence-corrected chi connectivity index (χ1v) is 7.38. The SMILES string of the molecule is CCC(=O)NC1Cc2ccc(S(N)(=O)=O)cc2C1. The number of carbonyl (C=O) groups excluding carboxylic acids is 1. The topological polar surface area (TPSA) is 89.3 Å². The number of amides is 1. The van der Waals surface area contributed by atoms with Gasteiger partial charge in [0.1, 0.15) is 0 Å². The lowest BCUT2D eigenvalue weighted by atomic mass is 10.1. The van der Waals surface area contributed by atoms with Crippen molar-refractivity contribution in [2.24, 2.45) is 5.14 Å². The molecule has 3 N–H and O–H groups in total. The quantitative estimate of drug-likeness (QED) is 0.827. The van der Waals surface area contributed by atoms with Gasteiger partial charge in [-0.05, 0) is 36.1 Å². The summed E-state index contributed by atoms with van der Waals surface area (Å²) in [5.74, 6) is 0.0134. The Morgan fingerprint density at radius 1 is 1.39 bits per heavy atom. The van der Waals surface area contributed by atoms with E-state index in [9.17, 15) is 13.2 Å². The maximum atomic E-state index is 11.3. The minimum Gasteiger partial charge on any atom is -0.353 e. The zero-order chi connectivity index (χ0) is 13.3. The molecular weight excluding hydrogens is 252 g/mol. The number of fused-ring (bicyclic) bond motifs is 1. The molecular formula is C12H16N2O3S. The number of nitrogens with one attached hydrogen (secondary N) is 1. The second-order valence-electron chi connectivity index (χ2n) is 4.50. The summed E-state index contributed by atoms with van der Waals surface area (Å²) in [6.45, 7) is 1.80. The third kappa shape index (κ3) is 2.70. The Bertz CT molecular complexity index is 581. The average Bonchev–Trinajstić information content (AvgIpc) is 2.68. The van der Waals surface area contributed by atoms with Gasteiger partial charge in [-0.2, -0.15) is 0 Å². The van der Waals surface area contributed by atoms with E-state index in [-0.39, 0.29) is 16.8 Å². The molecule has 0 radical (unpaired) electrons. The van der Waals surface area contributed by atoms with Gasteiger partial charge >= 0.3 is 0 Å². The van der Waals surface area contributed by atoms with Crippen molar-refractivity contribution in [2.75, 3.05) is 0 Å². The number of hydrogen-bond donors (Lipinski definition) is 2. The van der Waals surface area contributed by atoms with Crippen LogP contribution in [0.25, 0.3) is 0 Å². The molecule has 98 valence electrons. The molecule has 1 unspecified atom stereocenters. The zero-order valence-electron chi connectivity index (χ0n) is 10.1. The van der Waals surface area contributed by atoms with Crippen molar-refractivity contribution in [3.8, 4) is 0 Å². The normalized spacial score (nSPS) is 18.4. The van der Waals surface area contributed by atoms with E-state index in [1.807, 2.05) is 0 Å². The fourth-order valence-electron chi connectivity index (χ4n) is 2.20. The lowest BCUT2D eigenvalue weighted by Gasteiger charge is -2.10. The van der Waals surface area contributed by atoms with E-state index in [4.69, 9.17) is 5.14 Å². The van der Waals surface area contributed by atoms with Crippen LogP contribution >= 0.6 is 0 Å². The van der Waals surface area contributed by atoms with Gasteiger partial charge in [0.2, 0.25) is 15.9 Å². The Labute approximate surface area is 106 Å². The van der Waals surface area contributed by atoms with Crippen LogP contribution in [0, 0.1) is 0 Å². The number of sulfonamides is 1. The molecule has 18 heavy (non-hydrogen) atoms. The smallest absolute Gasteiger partial charge is 0.238 e. The van der Waals surface area contributed by atoms with Crippen molar-refractivity contribution in [3.05, 3.63) is 29.3 Å². The molecule has 1 aliphatic rings. The third-order valence-corrected chi connectivity index (χ3v) is 4.04. The number of hydrogen-bond acceptors (Lipinski definition) is 3. The van der Waals surface area contributed by atoms with Crippen molar-refractivity contribution < 1.29 is 13.2 Å². The highest BCUT2D eigenvalue weighted by Gasteiger charge is 2.23. The molecule has 0 saturated carbocycles. The van der Waals surface area contributed by atoms with Crippen LogP contribution in [0.5, 0.6) is 0 Å². The molecule has 1 atom stereocenters. The predicted molar refractivity (Wildman–Crippen MR) is 67.4 cm³/mol. The van der Waals surface area contributed by atoms with Crippen LogP contribution in [0.2, 0.25) is 0 Å². The monoisotopic (exact) mass is 268 g/mol. The fourth-order valence-corrected chi connectivity index (χ4v) is 2.77. The van der Waals surface area contributed by atoms with Crippen molar-refractivity contribution >= 4 is 15.9 Å². The number of rotatable bonds is 3. The standard InChI is InChI=1S/C12H16N2O3S/c1-2-12(15)14-10-5-8-3-4-11(18(13,16)17)7-9(8)6-10/h3-4,7,10H,2,5-6H2,1H3,(H,14,15)(H2,13,16,17). The highest BCUT2D eigenvalue weighted by Crippen LogP contribution is 2.24. The number of carbonyl (C=O) groups is 1. The summed E-state index contributed by atoms with van der Waals surface area (Å²) in [7, 11) is -3.66. The minimum absolute atomic E-state index is 0.0134. The summed E-state index contributed by atoms with van der Waals surface area (Å²) < 4.78 is 22.5. The van der Waals surface area contributed by atoms with Crippen LogP contribution in [-0.2, 0) is 27.7 Å². The molecule has 2 rings (SSSR count). The Kier molecular flexibility index (Phi) is 3.41. The van der Waals surface area contributed by atoms with Gasteiger partial charge in [0, 0.05) is 12.5 Å². The van der Waals surface area contributed by atoms with Gasteiger partial charge in [-0.15, -0.1) is 0 Å². The maximum Gasteiger partial charge on any atom is 0.238 e.